The van der Waals surface area contributed by atoms with Gasteiger partial charge in [-0.2, -0.15) is 0 Å². The van der Waals surface area contributed by atoms with Crippen molar-refractivity contribution < 1.29 is 22.7 Å². The maximum absolute atomic E-state index is 12.0. The molecule has 0 radical (unpaired) electrons. The Kier molecular flexibility index (Phi) is 5.83. The average Bonchev–Trinajstić information content (AvgIpc) is 2.65. The smallest absolute Gasteiger partial charge is 0.257 e. The van der Waals surface area contributed by atoms with Crippen LogP contribution < -0.4 is 14.2 Å². The third kappa shape index (κ3) is 5.35. The van der Waals surface area contributed by atoms with Crippen molar-refractivity contribution >= 4 is 39.7 Å². The number of amides is 1. The van der Waals surface area contributed by atoms with E-state index in [4.69, 9.17) is 21.1 Å². The zero-order chi connectivity index (χ0) is 19.3. The van der Waals surface area contributed by atoms with Gasteiger partial charge in [0.2, 0.25) is 0 Å². The van der Waals surface area contributed by atoms with Crippen molar-refractivity contribution in [1.29, 1.82) is 0 Å². The summed E-state index contributed by atoms with van der Waals surface area (Å²) in [5.74, 6) is 0.157. The molecule has 1 aliphatic rings. The second kappa shape index (κ2) is 8.28. The number of benzene rings is 2. The third-order valence-corrected chi connectivity index (χ3v) is 4.79. The van der Waals surface area contributed by atoms with Crippen molar-refractivity contribution in [3.05, 3.63) is 70.1 Å². The van der Waals surface area contributed by atoms with E-state index >= 15 is 0 Å². The van der Waals surface area contributed by atoms with Crippen molar-refractivity contribution in [3.8, 4) is 11.5 Å². The van der Waals surface area contributed by atoms with Gasteiger partial charge in [0, 0.05) is 6.08 Å². The highest BCUT2D eigenvalue weighted by atomic mass is 35.5. The summed E-state index contributed by atoms with van der Waals surface area (Å²) in [4.78, 5) is 11.9. The number of carbonyl (C=O) groups is 1. The molecule has 2 aromatic carbocycles. The van der Waals surface area contributed by atoms with E-state index in [0.29, 0.717) is 40.9 Å². The van der Waals surface area contributed by atoms with Gasteiger partial charge in [-0.05, 0) is 35.4 Å². The maximum Gasteiger partial charge on any atom is 0.257 e. The predicted molar refractivity (Wildman–Crippen MR) is 104 cm³/mol. The number of rotatable bonds is 5. The molecule has 0 saturated heterocycles. The number of hydrogen-bond acceptors (Lipinski definition) is 5. The molecular weight excluding hydrogens is 390 g/mol. The Hall–Kier alpha value is -2.77. The van der Waals surface area contributed by atoms with Crippen LogP contribution in [0.5, 0.6) is 11.5 Å². The largest absolute Gasteiger partial charge is 0.486 e. The topological polar surface area (TPSA) is 81.7 Å². The van der Waals surface area contributed by atoms with E-state index in [2.05, 4.69) is 0 Å². The van der Waals surface area contributed by atoms with Crippen LogP contribution in [0.3, 0.4) is 0 Å². The number of ether oxygens (including phenoxy) is 2. The van der Waals surface area contributed by atoms with E-state index < -0.39 is 15.9 Å². The number of hydrogen-bond donors (Lipinski definition) is 1. The van der Waals surface area contributed by atoms with E-state index in [1.165, 1.54) is 12.2 Å². The molecule has 0 aromatic heterocycles. The predicted octanol–water partition coefficient (Wildman–Crippen LogP) is 3.24. The van der Waals surface area contributed by atoms with Gasteiger partial charge >= 0.3 is 0 Å². The number of carbonyl (C=O) groups excluding carboxylic acids is 1. The van der Waals surface area contributed by atoms with Gasteiger partial charge in [0.05, 0.1) is 10.4 Å². The second-order valence-electron chi connectivity index (χ2n) is 5.58. The number of sulfonamides is 1. The highest BCUT2D eigenvalue weighted by Gasteiger charge is 2.16. The molecule has 1 amide bonds. The molecule has 6 nitrogen and oxygen atoms in total. The summed E-state index contributed by atoms with van der Waals surface area (Å²) in [6.07, 6.45) is 3.95. The molecular formula is C19H16ClNO5S. The van der Waals surface area contributed by atoms with Crippen LogP contribution in [0.2, 0.25) is 5.02 Å². The first-order chi connectivity index (χ1) is 12.9. The van der Waals surface area contributed by atoms with Crippen molar-refractivity contribution in [2.24, 2.45) is 0 Å². The molecule has 0 spiro atoms. The Labute approximate surface area is 162 Å². The first kappa shape index (κ1) is 19.0. The van der Waals surface area contributed by atoms with Crippen molar-refractivity contribution in [3.63, 3.8) is 0 Å². The molecule has 0 bridgehead atoms. The van der Waals surface area contributed by atoms with Crippen LogP contribution in [0.1, 0.15) is 11.1 Å². The van der Waals surface area contributed by atoms with Crippen LogP contribution >= 0.6 is 11.6 Å². The monoisotopic (exact) mass is 405 g/mol. The van der Waals surface area contributed by atoms with Gasteiger partial charge in [-0.15, -0.1) is 0 Å². The molecule has 27 heavy (non-hydrogen) atoms. The molecule has 0 saturated carbocycles. The number of fused-ring (bicyclic) bond motifs is 1. The van der Waals surface area contributed by atoms with Crippen molar-refractivity contribution in [1.82, 2.24) is 4.72 Å². The molecule has 3 rings (SSSR count). The highest BCUT2D eigenvalue weighted by molar-refractivity contribution is 7.93. The van der Waals surface area contributed by atoms with Crippen LogP contribution in [-0.2, 0) is 14.8 Å². The van der Waals surface area contributed by atoms with Gasteiger partial charge < -0.3 is 9.47 Å². The van der Waals surface area contributed by atoms with Crippen molar-refractivity contribution in [2.45, 2.75) is 0 Å². The summed E-state index contributed by atoms with van der Waals surface area (Å²) >= 11 is 6.12. The quantitative estimate of drug-likeness (QED) is 0.772. The summed E-state index contributed by atoms with van der Waals surface area (Å²) in [6, 6.07) is 12.1. The average molecular weight is 406 g/mol. The van der Waals surface area contributed by atoms with E-state index in [1.54, 1.807) is 36.4 Å². The van der Waals surface area contributed by atoms with Gasteiger partial charge in [-0.25, -0.2) is 13.1 Å². The fourth-order valence-electron chi connectivity index (χ4n) is 2.34. The first-order valence-electron chi connectivity index (χ1n) is 8.00. The lowest BCUT2D eigenvalue weighted by Crippen LogP contribution is -2.26. The van der Waals surface area contributed by atoms with Gasteiger partial charge in [0.1, 0.15) is 13.2 Å². The summed E-state index contributed by atoms with van der Waals surface area (Å²) < 4.78 is 36.7. The zero-order valence-corrected chi connectivity index (χ0v) is 15.7. The van der Waals surface area contributed by atoms with Gasteiger partial charge in [0.25, 0.3) is 15.9 Å². The molecule has 1 N–H and O–H groups in total. The van der Waals surface area contributed by atoms with E-state index in [9.17, 15) is 13.2 Å². The lowest BCUT2D eigenvalue weighted by Gasteiger charge is -2.19. The lowest BCUT2D eigenvalue weighted by molar-refractivity contribution is -0.114. The lowest BCUT2D eigenvalue weighted by atomic mass is 10.2. The van der Waals surface area contributed by atoms with Crippen LogP contribution in [0.15, 0.2) is 53.9 Å². The minimum Gasteiger partial charge on any atom is -0.486 e. The minimum absolute atomic E-state index is 0.352. The van der Waals surface area contributed by atoms with E-state index in [1.807, 2.05) is 10.8 Å². The molecule has 0 unspecified atom stereocenters. The molecule has 0 aliphatic carbocycles. The summed E-state index contributed by atoms with van der Waals surface area (Å²) in [6.45, 7) is 0.821. The minimum atomic E-state index is -3.91. The molecule has 1 heterocycles. The van der Waals surface area contributed by atoms with Gasteiger partial charge in [-0.3, -0.25) is 4.79 Å². The maximum atomic E-state index is 12.0. The first-order valence-corrected chi connectivity index (χ1v) is 9.92. The van der Waals surface area contributed by atoms with Crippen LogP contribution in [-0.4, -0.2) is 27.5 Å². The highest BCUT2D eigenvalue weighted by Crippen LogP contribution is 2.38. The Morgan fingerprint density at radius 3 is 2.56 bits per heavy atom. The van der Waals surface area contributed by atoms with Crippen molar-refractivity contribution in [2.75, 3.05) is 13.2 Å². The van der Waals surface area contributed by atoms with Crippen LogP contribution in [0.25, 0.3) is 12.2 Å². The third-order valence-electron chi connectivity index (χ3n) is 3.53. The Morgan fingerprint density at radius 1 is 1.04 bits per heavy atom. The van der Waals surface area contributed by atoms with Gasteiger partial charge in [-0.1, -0.05) is 41.9 Å². The normalized spacial score (nSPS) is 13.8. The Bertz CT molecular complexity index is 1000. The zero-order valence-electron chi connectivity index (χ0n) is 14.1. The summed E-state index contributed by atoms with van der Waals surface area (Å²) in [5, 5.41) is 1.29. The molecule has 2 aromatic rings. The fourth-order valence-corrected chi connectivity index (χ4v) is 3.37. The standard InChI is InChI=1S/C19H16ClNO5S/c20-16-12-15(13-17-19(16)26-10-9-25-17)6-7-18(22)21-27(23,24)11-8-14-4-2-1-3-5-14/h1-8,11-13H,9-10H2,(H,21,22)/b7-6+,11-8+. The van der Waals surface area contributed by atoms with E-state index in [-0.39, 0.29) is 0 Å². The Balaban J connectivity index is 1.66. The fraction of sp³-hybridized carbons (Fsp3) is 0.105. The molecule has 1 aliphatic heterocycles. The molecule has 140 valence electrons. The number of halogens is 1. The number of nitrogens with one attached hydrogen (secondary N) is 1. The van der Waals surface area contributed by atoms with Crippen LogP contribution in [0.4, 0.5) is 0 Å². The molecule has 0 fully saturated rings. The molecule has 8 heteroatoms. The van der Waals surface area contributed by atoms with E-state index in [0.717, 1.165) is 11.5 Å². The summed E-state index contributed by atoms with van der Waals surface area (Å²) in [7, 11) is -3.91. The molecule has 0 atom stereocenters. The van der Waals surface area contributed by atoms with Crippen LogP contribution in [0, 0.1) is 0 Å². The second-order valence-corrected chi connectivity index (χ2v) is 7.56. The SMILES string of the molecule is O=C(/C=C/c1cc(Cl)c2c(c1)OCCO2)NS(=O)(=O)/C=C/c1ccccc1. The summed E-state index contributed by atoms with van der Waals surface area (Å²) in [5.41, 5.74) is 1.29. The van der Waals surface area contributed by atoms with Gasteiger partial charge in [0.15, 0.2) is 11.5 Å². The Morgan fingerprint density at radius 2 is 1.78 bits per heavy atom.